The summed E-state index contributed by atoms with van der Waals surface area (Å²) in [6, 6.07) is 10.1. The predicted molar refractivity (Wildman–Crippen MR) is 82.6 cm³/mol. The SMILES string of the molecule is Cn1cnc2c(NC(=O)c3cccc(C#N)c3)nc(Cl)cc21. The van der Waals surface area contributed by atoms with Crippen LogP contribution in [0.5, 0.6) is 0 Å². The summed E-state index contributed by atoms with van der Waals surface area (Å²) in [6.45, 7) is 0. The van der Waals surface area contributed by atoms with Gasteiger partial charge in [-0.05, 0) is 18.2 Å². The van der Waals surface area contributed by atoms with Crippen LogP contribution in [0.1, 0.15) is 15.9 Å². The second-order valence-electron chi connectivity index (χ2n) is 4.66. The van der Waals surface area contributed by atoms with E-state index in [0.717, 1.165) is 5.52 Å². The molecular weight excluding hydrogens is 302 g/mol. The van der Waals surface area contributed by atoms with Gasteiger partial charge < -0.3 is 9.88 Å². The lowest BCUT2D eigenvalue weighted by molar-refractivity contribution is 0.102. The van der Waals surface area contributed by atoms with Crippen LogP contribution in [0.25, 0.3) is 11.0 Å². The molecule has 1 N–H and O–H groups in total. The molecule has 0 spiro atoms. The van der Waals surface area contributed by atoms with Gasteiger partial charge in [-0.25, -0.2) is 9.97 Å². The number of imidazole rings is 1. The average molecular weight is 312 g/mol. The van der Waals surface area contributed by atoms with E-state index in [0.29, 0.717) is 16.6 Å². The number of aryl methyl sites for hydroxylation is 1. The van der Waals surface area contributed by atoms with Gasteiger partial charge in [0.2, 0.25) is 0 Å². The first kappa shape index (κ1) is 14.0. The molecule has 2 aromatic heterocycles. The van der Waals surface area contributed by atoms with Crippen molar-refractivity contribution in [3.63, 3.8) is 0 Å². The number of nitriles is 1. The molecule has 0 unspecified atom stereocenters. The van der Waals surface area contributed by atoms with Crippen LogP contribution in [0.4, 0.5) is 5.82 Å². The van der Waals surface area contributed by atoms with Crippen LogP contribution in [-0.4, -0.2) is 20.4 Å². The number of benzene rings is 1. The van der Waals surface area contributed by atoms with Gasteiger partial charge in [-0.3, -0.25) is 4.79 Å². The number of anilines is 1. The van der Waals surface area contributed by atoms with Gasteiger partial charge in [0, 0.05) is 18.7 Å². The molecule has 1 amide bonds. The van der Waals surface area contributed by atoms with E-state index >= 15 is 0 Å². The Morgan fingerprint density at radius 1 is 1.41 bits per heavy atom. The van der Waals surface area contributed by atoms with Crippen molar-refractivity contribution in [1.82, 2.24) is 14.5 Å². The Morgan fingerprint density at radius 3 is 3.00 bits per heavy atom. The molecule has 3 aromatic rings. The van der Waals surface area contributed by atoms with E-state index in [4.69, 9.17) is 16.9 Å². The van der Waals surface area contributed by atoms with E-state index in [1.165, 1.54) is 6.07 Å². The molecule has 0 aliphatic rings. The van der Waals surface area contributed by atoms with Crippen LogP contribution in [-0.2, 0) is 7.05 Å². The Morgan fingerprint density at radius 2 is 2.23 bits per heavy atom. The van der Waals surface area contributed by atoms with E-state index in [9.17, 15) is 4.79 Å². The molecule has 6 nitrogen and oxygen atoms in total. The Balaban J connectivity index is 1.99. The van der Waals surface area contributed by atoms with Crippen molar-refractivity contribution < 1.29 is 4.79 Å². The highest BCUT2D eigenvalue weighted by Gasteiger charge is 2.14. The maximum absolute atomic E-state index is 12.3. The number of pyridine rings is 1. The summed E-state index contributed by atoms with van der Waals surface area (Å²) >= 11 is 5.98. The molecule has 0 radical (unpaired) electrons. The lowest BCUT2D eigenvalue weighted by Crippen LogP contribution is -2.13. The summed E-state index contributed by atoms with van der Waals surface area (Å²) in [5.74, 6) is -0.0886. The Bertz CT molecular complexity index is 925. The largest absolute Gasteiger partial charge is 0.334 e. The number of carbonyl (C=O) groups excluding carboxylic acids is 1. The zero-order chi connectivity index (χ0) is 15.7. The van der Waals surface area contributed by atoms with Crippen LogP contribution < -0.4 is 5.32 Å². The van der Waals surface area contributed by atoms with E-state index in [-0.39, 0.29) is 16.9 Å². The minimum absolute atomic E-state index is 0.261. The van der Waals surface area contributed by atoms with Crippen molar-refractivity contribution in [2.75, 3.05) is 5.32 Å². The summed E-state index contributed by atoms with van der Waals surface area (Å²) in [6.07, 6.45) is 1.62. The quantitative estimate of drug-likeness (QED) is 0.738. The van der Waals surface area contributed by atoms with Crippen molar-refractivity contribution in [1.29, 1.82) is 5.26 Å². The molecule has 0 saturated carbocycles. The van der Waals surface area contributed by atoms with Crippen molar-refractivity contribution in [3.8, 4) is 6.07 Å². The van der Waals surface area contributed by atoms with Gasteiger partial charge >= 0.3 is 0 Å². The lowest BCUT2D eigenvalue weighted by Gasteiger charge is -2.06. The third-order valence-electron chi connectivity index (χ3n) is 3.17. The van der Waals surface area contributed by atoms with Gasteiger partial charge in [0.25, 0.3) is 5.91 Å². The number of hydrogen-bond acceptors (Lipinski definition) is 4. The summed E-state index contributed by atoms with van der Waals surface area (Å²) in [4.78, 5) is 20.6. The van der Waals surface area contributed by atoms with E-state index in [2.05, 4.69) is 15.3 Å². The molecule has 0 bridgehead atoms. The van der Waals surface area contributed by atoms with Gasteiger partial charge in [0.05, 0.1) is 23.5 Å². The molecule has 0 fully saturated rings. The summed E-state index contributed by atoms with van der Waals surface area (Å²) in [5.41, 5.74) is 2.09. The second-order valence-corrected chi connectivity index (χ2v) is 5.05. The Labute approximate surface area is 131 Å². The summed E-state index contributed by atoms with van der Waals surface area (Å²) in [5, 5.41) is 11.8. The zero-order valence-electron chi connectivity index (χ0n) is 11.5. The average Bonchev–Trinajstić information content (AvgIpc) is 2.89. The molecule has 0 atom stereocenters. The molecule has 3 rings (SSSR count). The molecule has 0 aliphatic heterocycles. The summed E-state index contributed by atoms with van der Waals surface area (Å²) < 4.78 is 1.79. The number of nitrogens with zero attached hydrogens (tertiary/aromatic N) is 4. The molecule has 1 aromatic carbocycles. The standard InChI is InChI=1S/C15H10ClN5O/c1-21-8-18-13-11(21)6-12(16)19-14(13)20-15(22)10-4-2-3-9(5-10)7-17/h2-6,8H,1H3,(H,19,20,22). The van der Waals surface area contributed by atoms with Gasteiger partial charge in [-0.2, -0.15) is 5.26 Å². The van der Waals surface area contributed by atoms with Crippen molar-refractivity contribution in [2.24, 2.45) is 7.05 Å². The lowest BCUT2D eigenvalue weighted by atomic mass is 10.1. The van der Waals surface area contributed by atoms with E-state index in [1.807, 2.05) is 13.1 Å². The van der Waals surface area contributed by atoms with Crippen molar-refractivity contribution in [3.05, 3.63) is 52.9 Å². The molecule has 0 aliphatic carbocycles. The number of amides is 1. The number of fused-ring (bicyclic) bond motifs is 1. The van der Waals surface area contributed by atoms with Gasteiger partial charge in [-0.15, -0.1) is 0 Å². The number of nitrogens with one attached hydrogen (secondary N) is 1. The fourth-order valence-corrected chi connectivity index (χ4v) is 2.28. The first-order valence-electron chi connectivity index (χ1n) is 6.37. The minimum atomic E-state index is -0.376. The molecule has 7 heteroatoms. The van der Waals surface area contributed by atoms with E-state index < -0.39 is 0 Å². The molecule has 108 valence electrons. The first-order valence-corrected chi connectivity index (χ1v) is 6.75. The van der Waals surface area contributed by atoms with Crippen LogP contribution in [0, 0.1) is 11.3 Å². The number of aromatic nitrogens is 3. The first-order chi connectivity index (χ1) is 10.6. The third kappa shape index (κ3) is 2.50. The Hall–Kier alpha value is -2.91. The smallest absolute Gasteiger partial charge is 0.256 e. The van der Waals surface area contributed by atoms with Gasteiger partial charge in [0.1, 0.15) is 10.7 Å². The minimum Gasteiger partial charge on any atom is -0.334 e. The van der Waals surface area contributed by atoms with Crippen LogP contribution in [0.2, 0.25) is 5.15 Å². The number of rotatable bonds is 2. The van der Waals surface area contributed by atoms with Crippen LogP contribution >= 0.6 is 11.6 Å². The number of halogens is 1. The monoisotopic (exact) mass is 311 g/mol. The zero-order valence-corrected chi connectivity index (χ0v) is 12.3. The fourth-order valence-electron chi connectivity index (χ4n) is 2.09. The second kappa shape index (κ2) is 5.47. The molecule has 2 heterocycles. The van der Waals surface area contributed by atoms with E-state index in [1.54, 1.807) is 35.2 Å². The highest BCUT2D eigenvalue weighted by molar-refractivity contribution is 6.30. The van der Waals surface area contributed by atoms with Crippen LogP contribution in [0.15, 0.2) is 36.7 Å². The number of carbonyl (C=O) groups is 1. The normalized spacial score (nSPS) is 10.4. The topological polar surface area (TPSA) is 83.6 Å². The maximum Gasteiger partial charge on any atom is 0.256 e. The van der Waals surface area contributed by atoms with Gasteiger partial charge in [0.15, 0.2) is 5.82 Å². The molecule has 0 saturated heterocycles. The molecular formula is C15H10ClN5O. The maximum atomic E-state index is 12.3. The predicted octanol–water partition coefficient (Wildman–Crippen LogP) is 2.75. The third-order valence-corrected chi connectivity index (χ3v) is 3.36. The Kier molecular flexibility index (Phi) is 3.49. The highest BCUT2D eigenvalue weighted by Crippen LogP contribution is 2.23. The van der Waals surface area contributed by atoms with Gasteiger partial charge in [-0.1, -0.05) is 17.7 Å². The van der Waals surface area contributed by atoms with Crippen LogP contribution in [0.3, 0.4) is 0 Å². The van der Waals surface area contributed by atoms with Crippen molar-refractivity contribution >= 4 is 34.4 Å². The summed E-state index contributed by atoms with van der Waals surface area (Å²) in [7, 11) is 1.83. The van der Waals surface area contributed by atoms with Crippen molar-refractivity contribution in [2.45, 2.75) is 0 Å². The molecule has 22 heavy (non-hydrogen) atoms. The fraction of sp³-hybridized carbons (Fsp3) is 0.0667. The highest BCUT2D eigenvalue weighted by atomic mass is 35.5. The number of hydrogen-bond donors (Lipinski definition) is 1.